The number of hydrogen-bond donors (Lipinski definition) is 2. The second-order valence-corrected chi connectivity index (χ2v) is 5.01. The van der Waals surface area contributed by atoms with Gasteiger partial charge in [-0.3, -0.25) is 4.98 Å². The number of amides is 2. The van der Waals surface area contributed by atoms with E-state index in [1.165, 1.54) is 0 Å². The zero-order chi connectivity index (χ0) is 15.2. The number of carbonyl (C=O) groups is 1. The average molecular weight is 284 g/mol. The molecule has 1 atom stereocenters. The van der Waals surface area contributed by atoms with Crippen LogP contribution in [0.25, 0.3) is 0 Å². The smallest absolute Gasteiger partial charge is 0.319 e. The Labute approximate surface area is 125 Å². The molecule has 0 saturated carbocycles. The SMILES string of the molecule is CC(NC(=O)Nc1ccccc1N(C)C)c1ccncc1. The molecule has 5 nitrogen and oxygen atoms in total. The molecule has 0 aliphatic carbocycles. The highest BCUT2D eigenvalue weighted by molar-refractivity contribution is 5.93. The van der Waals surface area contributed by atoms with Gasteiger partial charge in [0.2, 0.25) is 0 Å². The highest BCUT2D eigenvalue weighted by atomic mass is 16.2. The lowest BCUT2D eigenvalue weighted by atomic mass is 10.1. The molecule has 0 aliphatic heterocycles. The van der Waals surface area contributed by atoms with Crippen molar-refractivity contribution in [1.82, 2.24) is 10.3 Å². The Hall–Kier alpha value is -2.56. The van der Waals surface area contributed by atoms with E-state index in [9.17, 15) is 4.79 Å². The summed E-state index contributed by atoms with van der Waals surface area (Å²) in [7, 11) is 3.88. The van der Waals surface area contributed by atoms with Crippen molar-refractivity contribution in [2.24, 2.45) is 0 Å². The molecule has 0 bridgehead atoms. The molecule has 1 heterocycles. The van der Waals surface area contributed by atoms with Crippen LogP contribution in [-0.2, 0) is 0 Å². The van der Waals surface area contributed by atoms with Crippen molar-refractivity contribution in [1.29, 1.82) is 0 Å². The molecule has 2 amide bonds. The van der Waals surface area contributed by atoms with Gasteiger partial charge in [0.15, 0.2) is 0 Å². The molecular formula is C16H20N4O. The monoisotopic (exact) mass is 284 g/mol. The summed E-state index contributed by atoms with van der Waals surface area (Å²) in [6.07, 6.45) is 3.43. The molecule has 0 saturated heterocycles. The number of pyridine rings is 1. The molecule has 1 unspecified atom stereocenters. The molecule has 21 heavy (non-hydrogen) atoms. The number of para-hydroxylation sites is 2. The fraction of sp³-hybridized carbons (Fsp3) is 0.250. The highest BCUT2D eigenvalue weighted by Crippen LogP contribution is 2.23. The van der Waals surface area contributed by atoms with Gasteiger partial charge in [0, 0.05) is 26.5 Å². The molecule has 0 fully saturated rings. The Kier molecular flexibility index (Phi) is 4.77. The van der Waals surface area contributed by atoms with Crippen LogP contribution in [0.5, 0.6) is 0 Å². The van der Waals surface area contributed by atoms with E-state index < -0.39 is 0 Å². The van der Waals surface area contributed by atoms with Gasteiger partial charge in [-0.15, -0.1) is 0 Å². The third-order valence-corrected chi connectivity index (χ3v) is 3.19. The van der Waals surface area contributed by atoms with Gasteiger partial charge < -0.3 is 15.5 Å². The molecule has 0 aliphatic rings. The summed E-state index contributed by atoms with van der Waals surface area (Å²) >= 11 is 0. The van der Waals surface area contributed by atoms with Crippen LogP contribution in [0.2, 0.25) is 0 Å². The second-order valence-electron chi connectivity index (χ2n) is 5.01. The zero-order valence-corrected chi connectivity index (χ0v) is 12.5. The van der Waals surface area contributed by atoms with Crippen molar-refractivity contribution in [3.63, 3.8) is 0 Å². The molecule has 0 spiro atoms. The van der Waals surface area contributed by atoms with Gasteiger partial charge in [-0.2, -0.15) is 0 Å². The maximum Gasteiger partial charge on any atom is 0.319 e. The van der Waals surface area contributed by atoms with Crippen LogP contribution in [0.4, 0.5) is 16.2 Å². The van der Waals surface area contributed by atoms with Gasteiger partial charge in [-0.1, -0.05) is 12.1 Å². The summed E-state index contributed by atoms with van der Waals surface area (Å²) in [5.41, 5.74) is 2.76. The Morgan fingerprint density at radius 1 is 1.14 bits per heavy atom. The van der Waals surface area contributed by atoms with E-state index in [1.807, 2.05) is 62.3 Å². The van der Waals surface area contributed by atoms with Crippen LogP contribution < -0.4 is 15.5 Å². The van der Waals surface area contributed by atoms with E-state index in [0.717, 1.165) is 16.9 Å². The van der Waals surface area contributed by atoms with Crippen LogP contribution in [0.15, 0.2) is 48.8 Å². The topological polar surface area (TPSA) is 57.3 Å². The van der Waals surface area contributed by atoms with Gasteiger partial charge in [0.1, 0.15) is 0 Å². The molecule has 0 radical (unpaired) electrons. The first kappa shape index (κ1) is 14.8. The van der Waals surface area contributed by atoms with E-state index in [-0.39, 0.29) is 12.1 Å². The summed E-state index contributed by atoms with van der Waals surface area (Å²) < 4.78 is 0. The fourth-order valence-corrected chi connectivity index (χ4v) is 2.06. The predicted octanol–water partition coefficient (Wildman–Crippen LogP) is 3.03. The van der Waals surface area contributed by atoms with E-state index in [1.54, 1.807) is 12.4 Å². The number of anilines is 2. The zero-order valence-electron chi connectivity index (χ0n) is 12.5. The van der Waals surface area contributed by atoms with Crippen LogP contribution in [0.1, 0.15) is 18.5 Å². The number of urea groups is 1. The third-order valence-electron chi connectivity index (χ3n) is 3.19. The van der Waals surface area contributed by atoms with Crippen LogP contribution in [0, 0.1) is 0 Å². The Morgan fingerprint density at radius 3 is 2.48 bits per heavy atom. The van der Waals surface area contributed by atoms with Gasteiger partial charge in [0.05, 0.1) is 17.4 Å². The predicted molar refractivity (Wildman–Crippen MR) is 85.6 cm³/mol. The number of carbonyl (C=O) groups excluding carboxylic acids is 1. The molecule has 2 aromatic rings. The van der Waals surface area contributed by atoms with E-state index in [0.29, 0.717) is 0 Å². The number of rotatable bonds is 4. The van der Waals surface area contributed by atoms with Gasteiger partial charge >= 0.3 is 6.03 Å². The minimum absolute atomic E-state index is 0.0838. The fourth-order valence-electron chi connectivity index (χ4n) is 2.06. The largest absolute Gasteiger partial charge is 0.376 e. The number of benzene rings is 1. The first-order valence-electron chi connectivity index (χ1n) is 6.81. The average Bonchev–Trinajstić information content (AvgIpc) is 2.48. The lowest BCUT2D eigenvalue weighted by molar-refractivity contribution is 0.249. The lowest BCUT2D eigenvalue weighted by Gasteiger charge is -2.19. The first-order chi connectivity index (χ1) is 10.1. The van der Waals surface area contributed by atoms with Crippen molar-refractivity contribution in [3.05, 3.63) is 54.4 Å². The number of nitrogens with zero attached hydrogens (tertiary/aromatic N) is 2. The van der Waals surface area contributed by atoms with E-state index in [2.05, 4.69) is 15.6 Å². The van der Waals surface area contributed by atoms with Crippen LogP contribution in [0.3, 0.4) is 0 Å². The molecular weight excluding hydrogens is 264 g/mol. The minimum atomic E-state index is -0.228. The maximum atomic E-state index is 12.1. The summed E-state index contributed by atoms with van der Waals surface area (Å²) in [4.78, 5) is 18.0. The van der Waals surface area contributed by atoms with Crippen molar-refractivity contribution in [3.8, 4) is 0 Å². The molecule has 2 rings (SSSR count). The third kappa shape index (κ3) is 3.95. The summed E-state index contributed by atoms with van der Waals surface area (Å²) in [5, 5.41) is 5.80. The molecule has 2 N–H and O–H groups in total. The van der Waals surface area contributed by atoms with Crippen molar-refractivity contribution >= 4 is 17.4 Å². The number of hydrogen-bond acceptors (Lipinski definition) is 3. The standard InChI is InChI=1S/C16H20N4O/c1-12(13-8-10-17-11-9-13)18-16(21)19-14-6-4-5-7-15(14)20(2)3/h4-12H,1-3H3,(H2,18,19,21). The van der Waals surface area contributed by atoms with Crippen molar-refractivity contribution < 1.29 is 4.79 Å². The van der Waals surface area contributed by atoms with Crippen LogP contribution >= 0.6 is 0 Å². The van der Waals surface area contributed by atoms with E-state index >= 15 is 0 Å². The van der Waals surface area contributed by atoms with Gasteiger partial charge in [0.25, 0.3) is 0 Å². The molecule has 5 heteroatoms. The van der Waals surface area contributed by atoms with Crippen molar-refractivity contribution in [2.75, 3.05) is 24.3 Å². The van der Waals surface area contributed by atoms with E-state index in [4.69, 9.17) is 0 Å². The summed E-state index contributed by atoms with van der Waals surface area (Å²) in [5.74, 6) is 0. The lowest BCUT2D eigenvalue weighted by Crippen LogP contribution is -2.31. The Bertz CT molecular complexity index is 598. The molecule has 1 aromatic carbocycles. The Balaban J connectivity index is 2.02. The second kappa shape index (κ2) is 6.74. The minimum Gasteiger partial charge on any atom is -0.376 e. The van der Waals surface area contributed by atoms with Crippen LogP contribution in [-0.4, -0.2) is 25.1 Å². The van der Waals surface area contributed by atoms with Gasteiger partial charge in [-0.05, 0) is 36.8 Å². The molecule has 110 valence electrons. The maximum absolute atomic E-state index is 12.1. The normalized spacial score (nSPS) is 11.6. The Morgan fingerprint density at radius 2 is 1.81 bits per heavy atom. The molecule has 1 aromatic heterocycles. The summed E-state index contributed by atoms with van der Waals surface area (Å²) in [6, 6.07) is 11.1. The number of aromatic nitrogens is 1. The first-order valence-corrected chi connectivity index (χ1v) is 6.81. The quantitative estimate of drug-likeness (QED) is 0.907. The summed E-state index contributed by atoms with van der Waals surface area (Å²) in [6.45, 7) is 1.94. The van der Waals surface area contributed by atoms with Gasteiger partial charge in [-0.25, -0.2) is 4.79 Å². The van der Waals surface area contributed by atoms with Crippen molar-refractivity contribution in [2.45, 2.75) is 13.0 Å². The number of nitrogens with one attached hydrogen (secondary N) is 2. The highest BCUT2D eigenvalue weighted by Gasteiger charge is 2.11.